The number of hydrogen-bond acceptors (Lipinski definition) is 7. The van der Waals surface area contributed by atoms with Crippen molar-refractivity contribution in [2.75, 3.05) is 43.9 Å². The Morgan fingerprint density at radius 1 is 1.23 bits per heavy atom. The van der Waals surface area contributed by atoms with Crippen LogP contribution in [-0.4, -0.2) is 61.3 Å². The van der Waals surface area contributed by atoms with Crippen molar-refractivity contribution in [1.29, 1.82) is 0 Å². The molecule has 1 aromatic heterocycles. The molecule has 30 heavy (non-hydrogen) atoms. The number of hydrogen-bond donors (Lipinski definition) is 3. The molecule has 3 rings (SSSR count). The third-order valence-corrected chi connectivity index (χ3v) is 5.90. The first-order valence-corrected chi connectivity index (χ1v) is 10.3. The molecule has 1 aliphatic heterocycles. The maximum absolute atomic E-state index is 12.7. The third-order valence-electron chi connectivity index (χ3n) is 4.91. The van der Waals surface area contributed by atoms with Gasteiger partial charge in [0, 0.05) is 36.6 Å². The number of carboxylic acids is 1. The summed E-state index contributed by atoms with van der Waals surface area (Å²) < 4.78 is 4.74. The van der Waals surface area contributed by atoms with Crippen LogP contribution in [0.15, 0.2) is 35.7 Å². The number of ether oxygens (including phenoxy) is 1. The van der Waals surface area contributed by atoms with Gasteiger partial charge < -0.3 is 30.7 Å². The first-order chi connectivity index (χ1) is 14.4. The van der Waals surface area contributed by atoms with E-state index in [4.69, 9.17) is 15.6 Å². The molecule has 2 aromatic rings. The molecule has 1 saturated heterocycles. The van der Waals surface area contributed by atoms with Crippen LogP contribution >= 0.6 is 11.3 Å². The zero-order valence-electron chi connectivity index (χ0n) is 16.5. The van der Waals surface area contributed by atoms with E-state index in [1.807, 2.05) is 11.4 Å². The lowest BCUT2D eigenvalue weighted by Gasteiger charge is -2.35. The van der Waals surface area contributed by atoms with Gasteiger partial charge in [0.1, 0.15) is 0 Å². The zero-order chi connectivity index (χ0) is 21.7. The smallest absolute Gasteiger partial charge is 0.409 e. The van der Waals surface area contributed by atoms with E-state index in [1.54, 1.807) is 29.2 Å². The average molecular weight is 433 g/mol. The predicted molar refractivity (Wildman–Crippen MR) is 114 cm³/mol. The fraction of sp³-hybridized carbons (Fsp3) is 0.350. The molecule has 1 aromatic carbocycles. The highest BCUT2D eigenvalue weighted by molar-refractivity contribution is 7.10. The maximum atomic E-state index is 12.7. The monoisotopic (exact) mass is 432 g/mol. The highest BCUT2D eigenvalue weighted by Crippen LogP contribution is 2.27. The molecule has 0 aliphatic carbocycles. The summed E-state index contributed by atoms with van der Waals surface area (Å²) >= 11 is 1.39. The van der Waals surface area contributed by atoms with E-state index in [0.717, 1.165) is 10.6 Å². The normalized spacial score (nSPS) is 14.8. The number of carbonyl (C=O) groups is 3. The Morgan fingerprint density at radius 3 is 2.53 bits per heavy atom. The van der Waals surface area contributed by atoms with Gasteiger partial charge in [0.25, 0.3) is 5.91 Å². The van der Waals surface area contributed by atoms with Crippen LogP contribution in [0.3, 0.4) is 0 Å². The van der Waals surface area contributed by atoms with Gasteiger partial charge in [-0.2, -0.15) is 0 Å². The molecule has 160 valence electrons. The number of amides is 2. The maximum Gasteiger partial charge on any atom is 0.409 e. The first-order valence-electron chi connectivity index (χ1n) is 9.42. The molecule has 0 saturated carbocycles. The fourth-order valence-electron chi connectivity index (χ4n) is 3.37. The number of methoxy groups -OCH3 is 1. The number of carbonyl (C=O) groups excluding carboxylic acids is 2. The number of thiophene rings is 1. The molecule has 1 fully saturated rings. The van der Waals surface area contributed by atoms with Crippen molar-refractivity contribution >= 4 is 40.7 Å². The number of nitrogens with zero attached hydrogens (tertiary/aromatic N) is 2. The molecule has 2 heterocycles. The SMILES string of the molecule is COC(=O)N1CCN(c2ccc(C(=O)NC(CC(=O)O)c3cccs3)cc2N)CC1. The molecular formula is C20H24N4O5S. The Kier molecular flexibility index (Phi) is 6.78. The summed E-state index contributed by atoms with van der Waals surface area (Å²) in [5.74, 6) is -1.38. The molecule has 9 nitrogen and oxygen atoms in total. The number of anilines is 2. The minimum Gasteiger partial charge on any atom is -0.481 e. The number of rotatable bonds is 6. The summed E-state index contributed by atoms with van der Waals surface area (Å²) in [6, 6.07) is 8.03. The highest BCUT2D eigenvalue weighted by Gasteiger charge is 2.24. The van der Waals surface area contributed by atoms with E-state index < -0.39 is 12.0 Å². The lowest BCUT2D eigenvalue weighted by Crippen LogP contribution is -2.48. The highest BCUT2D eigenvalue weighted by atomic mass is 32.1. The van der Waals surface area contributed by atoms with Gasteiger partial charge in [-0.05, 0) is 29.6 Å². The largest absolute Gasteiger partial charge is 0.481 e. The number of piperazine rings is 1. The fourth-order valence-corrected chi connectivity index (χ4v) is 4.15. The number of nitrogen functional groups attached to an aromatic ring is 1. The minimum atomic E-state index is -0.991. The van der Waals surface area contributed by atoms with Crippen molar-refractivity contribution in [1.82, 2.24) is 10.2 Å². The van der Waals surface area contributed by atoms with Crippen LogP contribution in [0.1, 0.15) is 27.7 Å². The van der Waals surface area contributed by atoms with Crippen molar-refractivity contribution in [2.24, 2.45) is 0 Å². The molecule has 2 amide bonds. The summed E-state index contributed by atoms with van der Waals surface area (Å²) in [6.07, 6.45) is -0.555. The van der Waals surface area contributed by atoms with Crippen molar-refractivity contribution in [3.63, 3.8) is 0 Å². The van der Waals surface area contributed by atoms with Crippen LogP contribution < -0.4 is 16.0 Å². The van der Waals surface area contributed by atoms with Crippen LogP contribution in [-0.2, 0) is 9.53 Å². The van der Waals surface area contributed by atoms with Gasteiger partial charge >= 0.3 is 12.1 Å². The summed E-state index contributed by atoms with van der Waals surface area (Å²) in [7, 11) is 1.36. The Balaban J connectivity index is 1.68. The van der Waals surface area contributed by atoms with Crippen molar-refractivity contribution in [2.45, 2.75) is 12.5 Å². The van der Waals surface area contributed by atoms with Crippen LogP contribution in [0.2, 0.25) is 0 Å². The molecule has 0 bridgehead atoms. The zero-order valence-corrected chi connectivity index (χ0v) is 17.4. The Hall–Kier alpha value is -3.27. The average Bonchev–Trinajstić information content (AvgIpc) is 3.27. The molecule has 1 atom stereocenters. The van der Waals surface area contributed by atoms with Gasteiger partial charge in [0.2, 0.25) is 0 Å². The second-order valence-corrected chi connectivity index (χ2v) is 7.84. The van der Waals surface area contributed by atoms with Gasteiger partial charge in [-0.25, -0.2) is 4.79 Å². The second-order valence-electron chi connectivity index (χ2n) is 6.86. The minimum absolute atomic E-state index is 0.204. The van der Waals surface area contributed by atoms with Crippen molar-refractivity contribution in [3.05, 3.63) is 46.2 Å². The molecule has 0 spiro atoms. The number of benzene rings is 1. The quantitative estimate of drug-likeness (QED) is 0.597. The van der Waals surface area contributed by atoms with Gasteiger partial charge in [0.05, 0.1) is 30.9 Å². The molecule has 1 unspecified atom stereocenters. The van der Waals surface area contributed by atoms with Gasteiger partial charge in [-0.3, -0.25) is 9.59 Å². The molecular weight excluding hydrogens is 408 g/mol. The topological polar surface area (TPSA) is 125 Å². The van der Waals surface area contributed by atoms with Crippen molar-refractivity contribution in [3.8, 4) is 0 Å². The second kappa shape index (κ2) is 9.49. The summed E-state index contributed by atoms with van der Waals surface area (Å²) in [5, 5.41) is 13.8. The summed E-state index contributed by atoms with van der Waals surface area (Å²) in [6.45, 7) is 2.24. The Labute approximate surface area is 178 Å². The predicted octanol–water partition coefficient (Wildman–Crippen LogP) is 2.16. The van der Waals surface area contributed by atoms with E-state index >= 15 is 0 Å². The number of aliphatic carboxylic acids is 1. The van der Waals surface area contributed by atoms with E-state index in [1.165, 1.54) is 18.4 Å². The van der Waals surface area contributed by atoms with Crippen LogP contribution in [0.25, 0.3) is 0 Å². The molecule has 0 radical (unpaired) electrons. The lowest BCUT2D eigenvalue weighted by molar-refractivity contribution is -0.137. The van der Waals surface area contributed by atoms with Gasteiger partial charge in [0.15, 0.2) is 0 Å². The molecule has 4 N–H and O–H groups in total. The van der Waals surface area contributed by atoms with E-state index in [-0.39, 0.29) is 18.4 Å². The third kappa shape index (κ3) is 5.01. The summed E-state index contributed by atoms with van der Waals surface area (Å²) in [5.41, 5.74) is 7.79. The van der Waals surface area contributed by atoms with Crippen LogP contribution in [0.4, 0.5) is 16.2 Å². The van der Waals surface area contributed by atoms with Crippen molar-refractivity contribution < 1.29 is 24.2 Å². The van der Waals surface area contributed by atoms with Crippen LogP contribution in [0, 0.1) is 0 Å². The Bertz CT molecular complexity index is 910. The van der Waals surface area contributed by atoms with E-state index in [2.05, 4.69) is 10.2 Å². The first kappa shape index (κ1) is 21.4. The summed E-state index contributed by atoms with van der Waals surface area (Å²) in [4.78, 5) is 39.9. The number of carboxylic acid groups (broad SMARTS) is 1. The van der Waals surface area contributed by atoms with Gasteiger partial charge in [-0.15, -0.1) is 11.3 Å². The van der Waals surface area contributed by atoms with Gasteiger partial charge in [-0.1, -0.05) is 6.07 Å². The van der Waals surface area contributed by atoms with E-state index in [9.17, 15) is 14.4 Å². The Morgan fingerprint density at radius 2 is 1.97 bits per heavy atom. The molecule has 1 aliphatic rings. The molecule has 10 heteroatoms. The standard InChI is InChI=1S/C20H24N4O5S/c1-29-20(28)24-8-6-23(7-9-24)16-5-4-13(11-14(16)21)19(27)22-15(12-18(25)26)17-3-2-10-30-17/h2-5,10-11,15H,6-9,12,21H2,1H3,(H,22,27)(H,25,26). The van der Waals surface area contributed by atoms with Crippen LogP contribution in [0.5, 0.6) is 0 Å². The van der Waals surface area contributed by atoms with E-state index in [0.29, 0.717) is 37.4 Å². The lowest BCUT2D eigenvalue weighted by atomic mass is 10.1. The number of nitrogens with one attached hydrogen (secondary N) is 1. The number of nitrogens with two attached hydrogens (primary N) is 1.